The lowest BCUT2D eigenvalue weighted by atomic mass is 9.80. The van der Waals surface area contributed by atoms with Crippen LogP contribution in [0.5, 0.6) is 11.5 Å². The van der Waals surface area contributed by atoms with Gasteiger partial charge in [0, 0.05) is 50.4 Å². The summed E-state index contributed by atoms with van der Waals surface area (Å²) in [6.07, 6.45) is 8.32. The lowest BCUT2D eigenvalue weighted by molar-refractivity contribution is -0.118. The number of ether oxygens (including phenoxy) is 2. The van der Waals surface area contributed by atoms with Gasteiger partial charge in [0.25, 0.3) is 11.1 Å². The number of benzene rings is 4. The van der Waals surface area contributed by atoms with Gasteiger partial charge < -0.3 is 29.3 Å². The van der Waals surface area contributed by atoms with Crippen molar-refractivity contribution in [2.45, 2.75) is 51.7 Å². The van der Waals surface area contributed by atoms with Crippen molar-refractivity contribution in [3.05, 3.63) is 134 Å². The van der Waals surface area contributed by atoms with Crippen LogP contribution in [0.1, 0.15) is 37.1 Å². The number of carbonyl (C=O) groups is 2. The predicted molar refractivity (Wildman–Crippen MR) is 266 cm³/mol. The molecular formula is C50H44BClF4N10O8. The van der Waals surface area contributed by atoms with Gasteiger partial charge in [0.2, 0.25) is 11.8 Å². The molecule has 4 aromatic heterocycles. The molecule has 0 unspecified atom stereocenters. The standard InChI is InChI=1S/C25H21F2N5O3.C18H16ClN5O2.C7H7BF2O3/c1-30-13-16-10-17(6-9-19(16)28-30)32-24(34)22(15-4-7-18(8-5-15)35-25(26)27)23-20(29-32)11-21(33)31(23)12-14-2-3-14;1-22-9-11-6-12(4-5-13(11)20-22)24-18(26)16(19)17-14(21-24)7-15(25)23(17)8-10-2-3-10;9-7(10)13-6-3-1-5(2-4-6)8(11)12/h4-10,13-14,25H,2-3,11-12H2,1H3;4-6,9-10H,2-3,7-8H2,1H3;1-4,7,11-12H. The second kappa shape index (κ2) is 20.2. The zero-order valence-corrected chi connectivity index (χ0v) is 40.2. The fourth-order valence-corrected chi connectivity index (χ4v) is 9.19. The summed E-state index contributed by atoms with van der Waals surface area (Å²) in [5.74, 6) is 0.757. The maximum atomic E-state index is 13.9. The molecule has 8 aromatic rings. The summed E-state index contributed by atoms with van der Waals surface area (Å²) < 4.78 is 63.1. The average Bonchev–Trinajstić information content (AvgIpc) is 4.24. The van der Waals surface area contributed by atoms with Crippen LogP contribution in [0.25, 0.3) is 44.3 Å². The van der Waals surface area contributed by atoms with E-state index >= 15 is 0 Å². The molecule has 2 aliphatic heterocycles. The molecular weight excluding hydrogens is 991 g/mol. The molecule has 2 fully saturated rings. The van der Waals surface area contributed by atoms with Crippen molar-refractivity contribution in [1.29, 1.82) is 0 Å². The molecule has 380 valence electrons. The van der Waals surface area contributed by atoms with Crippen LogP contribution in [0.3, 0.4) is 0 Å². The normalized spacial score (nSPS) is 14.9. The Morgan fingerprint density at radius 1 is 0.622 bits per heavy atom. The maximum Gasteiger partial charge on any atom is 0.488 e. The van der Waals surface area contributed by atoms with Crippen LogP contribution >= 0.6 is 11.6 Å². The molecule has 0 atom stereocenters. The number of amides is 2. The summed E-state index contributed by atoms with van der Waals surface area (Å²) in [5.41, 5.74) is 5.08. The van der Waals surface area contributed by atoms with Crippen molar-refractivity contribution >= 4 is 69.2 Å². The quantitative estimate of drug-likeness (QED) is 0.111. The second-order valence-electron chi connectivity index (χ2n) is 18.3. The number of aryl methyl sites for hydroxylation is 2. The van der Waals surface area contributed by atoms with E-state index in [1.165, 1.54) is 45.8 Å². The van der Waals surface area contributed by atoms with Gasteiger partial charge in [-0.25, -0.2) is 0 Å². The van der Waals surface area contributed by atoms with E-state index < -0.39 is 31.5 Å². The molecule has 4 aliphatic rings. The third kappa shape index (κ3) is 10.5. The van der Waals surface area contributed by atoms with E-state index in [0.29, 0.717) is 70.2 Å². The van der Waals surface area contributed by atoms with Gasteiger partial charge in [0.1, 0.15) is 16.5 Å². The molecule has 2 aliphatic carbocycles. The van der Waals surface area contributed by atoms with E-state index in [2.05, 4.69) is 29.9 Å². The number of hydrogen-bond acceptors (Lipinski definition) is 12. The first-order valence-corrected chi connectivity index (χ1v) is 23.8. The highest BCUT2D eigenvalue weighted by Gasteiger charge is 2.39. The van der Waals surface area contributed by atoms with E-state index in [1.54, 1.807) is 43.4 Å². The average molecular weight is 1040 g/mol. The molecule has 12 rings (SSSR count). The number of carbonyl (C=O) groups excluding carboxylic acids is 2. The Kier molecular flexibility index (Phi) is 13.6. The zero-order valence-electron chi connectivity index (χ0n) is 39.5. The molecule has 0 spiro atoms. The highest BCUT2D eigenvalue weighted by atomic mass is 35.5. The SMILES string of the molecule is Cn1cc2cc(-n3nc4c(c(-c5ccc(OC(F)F)cc5)c3=O)N(CC3CC3)C(=O)C4)ccc2n1.Cn1cc2cc(-n3nc4c(c(Cl)c3=O)N(CC3CC3)C(=O)C4)ccc2n1.OB(O)c1ccc(OC(F)F)cc1. The number of nitrogens with zero attached hydrogens (tertiary/aromatic N) is 10. The lowest BCUT2D eigenvalue weighted by Crippen LogP contribution is -2.31. The first-order chi connectivity index (χ1) is 35.5. The Balaban J connectivity index is 0.000000141. The van der Waals surface area contributed by atoms with Gasteiger partial charge in [-0.2, -0.15) is 47.3 Å². The second-order valence-corrected chi connectivity index (χ2v) is 18.7. The fraction of sp³-hybridized carbons (Fsp3) is 0.280. The summed E-state index contributed by atoms with van der Waals surface area (Å²) in [7, 11) is 2.07. The highest BCUT2D eigenvalue weighted by Crippen LogP contribution is 2.41. The number of alkyl halides is 4. The van der Waals surface area contributed by atoms with E-state index in [9.17, 15) is 36.7 Å². The summed E-state index contributed by atoms with van der Waals surface area (Å²) >= 11 is 6.40. The number of hydrogen-bond donors (Lipinski definition) is 2. The number of rotatable bonds is 12. The van der Waals surface area contributed by atoms with E-state index in [1.807, 2.05) is 50.8 Å². The molecule has 2 amide bonds. The number of halogens is 5. The Morgan fingerprint density at radius 2 is 1.07 bits per heavy atom. The first kappa shape index (κ1) is 49.7. The Bertz CT molecular complexity index is 3580. The monoisotopic (exact) mass is 1030 g/mol. The van der Waals surface area contributed by atoms with Crippen molar-refractivity contribution in [3.8, 4) is 34.0 Å². The molecule has 0 bridgehead atoms. The van der Waals surface area contributed by atoms with Crippen molar-refractivity contribution < 1.29 is 46.7 Å². The van der Waals surface area contributed by atoms with Gasteiger partial charge in [-0.05, 0) is 109 Å². The van der Waals surface area contributed by atoms with Gasteiger partial charge in [-0.1, -0.05) is 35.9 Å². The number of anilines is 2. The molecule has 2 N–H and O–H groups in total. The minimum Gasteiger partial charge on any atom is -0.435 e. The van der Waals surface area contributed by atoms with Crippen LogP contribution in [0.4, 0.5) is 28.9 Å². The maximum absolute atomic E-state index is 13.9. The van der Waals surface area contributed by atoms with Crippen LogP contribution in [0.2, 0.25) is 5.02 Å². The van der Waals surface area contributed by atoms with Gasteiger partial charge in [-0.3, -0.25) is 28.5 Å². The Morgan fingerprint density at radius 3 is 1.53 bits per heavy atom. The van der Waals surface area contributed by atoms with E-state index in [0.717, 1.165) is 47.5 Å². The summed E-state index contributed by atoms with van der Waals surface area (Å²) in [6.45, 7) is -4.65. The summed E-state index contributed by atoms with van der Waals surface area (Å²) in [5, 5.41) is 36.9. The molecule has 6 heterocycles. The number of aromatic nitrogens is 8. The summed E-state index contributed by atoms with van der Waals surface area (Å²) in [6, 6.07) is 21.8. The molecule has 74 heavy (non-hydrogen) atoms. The highest BCUT2D eigenvalue weighted by molar-refractivity contribution is 6.58. The van der Waals surface area contributed by atoms with Crippen molar-refractivity contribution in [2.75, 3.05) is 22.9 Å². The molecule has 0 saturated heterocycles. The van der Waals surface area contributed by atoms with Crippen molar-refractivity contribution in [3.63, 3.8) is 0 Å². The van der Waals surface area contributed by atoms with Crippen molar-refractivity contribution in [1.82, 2.24) is 39.1 Å². The smallest absolute Gasteiger partial charge is 0.435 e. The topological polar surface area (TPSA) is 205 Å². The van der Waals surface area contributed by atoms with Gasteiger partial charge in [0.15, 0.2) is 0 Å². The van der Waals surface area contributed by atoms with Gasteiger partial charge in [-0.15, -0.1) is 0 Å². The Hall–Kier alpha value is -7.89. The first-order valence-electron chi connectivity index (χ1n) is 23.4. The largest absolute Gasteiger partial charge is 0.488 e. The van der Waals surface area contributed by atoms with Crippen LogP contribution in [0, 0.1) is 11.8 Å². The van der Waals surface area contributed by atoms with E-state index in [4.69, 9.17) is 21.6 Å². The minimum atomic E-state index is -2.95. The van der Waals surface area contributed by atoms with Crippen LogP contribution in [-0.4, -0.2) is 94.4 Å². The predicted octanol–water partition coefficient (Wildman–Crippen LogP) is 5.73. The van der Waals surface area contributed by atoms with Crippen LogP contribution in [-0.2, 0) is 36.5 Å². The third-order valence-corrected chi connectivity index (χ3v) is 13.1. The third-order valence-electron chi connectivity index (χ3n) is 12.7. The van der Waals surface area contributed by atoms with Crippen LogP contribution < -0.4 is 35.9 Å². The molecule has 4 aromatic carbocycles. The molecule has 2 saturated carbocycles. The summed E-state index contributed by atoms with van der Waals surface area (Å²) in [4.78, 5) is 55.3. The fourth-order valence-electron chi connectivity index (χ4n) is 8.90. The minimum absolute atomic E-state index is 0.0114. The molecule has 18 nitrogen and oxygen atoms in total. The lowest BCUT2D eigenvalue weighted by Gasteiger charge is -2.21. The number of fused-ring (bicyclic) bond motifs is 4. The van der Waals surface area contributed by atoms with E-state index in [-0.39, 0.29) is 46.6 Å². The zero-order chi connectivity index (χ0) is 52.1. The van der Waals surface area contributed by atoms with Gasteiger partial charge in [0.05, 0.1) is 63.6 Å². The Labute approximate surface area is 422 Å². The molecule has 0 radical (unpaired) electrons. The van der Waals surface area contributed by atoms with Gasteiger partial charge >= 0.3 is 20.3 Å². The molecule has 24 heteroatoms. The van der Waals surface area contributed by atoms with Crippen molar-refractivity contribution in [2.24, 2.45) is 25.9 Å². The van der Waals surface area contributed by atoms with Crippen LogP contribution in [0.15, 0.2) is 107 Å².